The zero-order valence-electron chi connectivity index (χ0n) is 18.7. The monoisotopic (exact) mass is 455 g/mol. The lowest BCUT2D eigenvalue weighted by atomic mass is 10.1. The lowest BCUT2D eigenvalue weighted by molar-refractivity contribution is -0.141. The number of carbonyl (C=O) groups is 3. The molecule has 11 heteroatoms. The van der Waals surface area contributed by atoms with Crippen LogP contribution in [0.3, 0.4) is 0 Å². The summed E-state index contributed by atoms with van der Waals surface area (Å²) in [5.41, 5.74) is 5.73. The summed E-state index contributed by atoms with van der Waals surface area (Å²) in [6.07, 6.45) is 3.84. The summed E-state index contributed by atoms with van der Waals surface area (Å²) in [6.45, 7) is 1.89. The molecule has 2 amide bonds. The van der Waals surface area contributed by atoms with E-state index in [0.29, 0.717) is 32.5 Å². The van der Waals surface area contributed by atoms with Crippen molar-refractivity contribution >= 4 is 35.3 Å². The van der Waals surface area contributed by atoms with Crippen LogP contribution in [0.15, 0.2) is 23.2 Å². The molecule has 0 aromatic carbocycles. The molecule has 1 unspecified atom stereocenters. The van der Waals surface area contributed by atoms with Crippen molar-refractivity contribution < 1.29 is 19.1 Å². The summed E-state index contributed by atoms with van der Waals surface area (Å²) >= 11 is 0. The van der Waals surface area contributed by atoms with Gasteiger partial charge >= 0.3 is 5.97 Å². The SMILES string of the molecule is COC(=O)C(C#N)C(=N[C@H]1CCCCN(CC(=O)N2CCCC2)C1=O)Nc1cccc(N)n1. The molecule has 176 valence electrons. The van der Waals surface area contributed by atoms with Crippen LogP contribution in [0, 0.1) is 17.2 Å². The number of amidine groups is 1. The van der Waals surface area contributed by atoms with E-state index >= 15 is 0 Å². The number of likely N-dealkylation sites (tertiary alicyclic amines) is 2. The summed E-state index contributed by atoms with van der Waals surface area (Å²) in [6, 6.07) is 5.88. The van der Waals surface area contributed by atoms with Gasteiger partial charge in [0.05, 0.1) is 19.7 Å². The number of aliphatic imine (C=N–C) groups is 1. The fourth-order valence-electron chi connectivity index (χ4n) is 3.93. The molecule has 11 nitrogen and oxygen atoms in total. The van der Waals surface area contributed by atoms with Gasteiger partial charge < -0.3 is 25.6 Å². The highest BCUT2D eigenvalue weighted by Gasteiger charge is 2.33. The minimum Gasteiger partial charge on any atom is -0.468 e. The number of carbonyl (C=O) groups excluding carboxylic acids is 3. The average Bonchev–Trinajstić information content (AvgIpc) is 3.29. The Morgan fingerprint density at radius 1 is 1.30 bits per heavy atom. The normalized spacial score (nSPS) is 20.1. The van der Waals surface area contributed by atoms with Gasteiger partial charge in [-0.25, -0.2) is 4.98 Å². The van der Waals surface area contributed by atoms with Gasteiger partial charge in [0.25, 0.3) is 0 Å². The molecule has 1 aromatic rings. The van der Waals surface area contributed by atoms with Crippen LogP contribution in [-0.2, 0) is 19.1 Å². The van der Waals surface area contributed by atoms with E-state index in [0.717, 1.165) is 19.3 Å². The molecular formula is C22H29N7O4. The molecule has 2 saturated heterocycles. The van der Waals surface area contributed by atoms with E-state index in [9.17, 15) is 19.6 Å². The molecule has 3 N–H and O–H groups in total. The Morgan fingerprint density at radius 2 is 2.03 bits per heavy atom. The number of nitrogens with one attached hydrogen (secondary N) is 1. The first-order valence-corrected chi connectivity index (χ1v) is 11.0. The smallest absolute Gasteiger partial charge is 0.330 e. The number of rotatable bonds is 6. The maximum Gasteiger partial charge on any atom is 0.330 e. The van der Waals surface area contributed by atoms with Gasteiger partial charge in [-0.2, -0.15) is 5.26 Å². The molecule has 0 aliphatic carbocycles. The van der Waals surface area contributed by atoms with Gasteiger partial charge in [0.2, 0.25) is 17.7 Å². The van der Waals surface area contributed by atoms with Gasteiger partial charge in [0, 0.05) is 19.6 Å². The first-order chi connectivity index (χ1) is 15.9. The van der Waals surface area contributed by atoms with Crippen LogP contribution in [0.4, 0.5) is 11.6 Å². The number of methoxy groups -OCH3 is 1. The maximum absolute atomic E-state index is 13.3. The predicted molar refractivity (Wildman–Crippen MR) is 121 cm³/mol. The molecule has 0 spiro atoms. The number of nitrogens with zero attached hydrogens (tertiary/aromatic N) is 5. The highest BCUT2D eigenvalue weighted by atomic mass is 16.5. The van der Waals surface area contributed by atoms with Crippen LogP contribution in [-0.4, -0.2) is 77.7 Å². The number of amides is 2. The summed E-state index contributed by atoms with van der Waals surface area (Å²) < 4.78 is 4.74. The van der Waals surface area contributed by atoms with Crippen LogP contribution in [0.1, 0.15) is 32.1 Å². The fraction of sp³-hybridized carbons (Fsp3) is 0.545. The summed E-state index contributed by atoms with van der Waals surface area (Å²) in [4.78, 5) is 50.0. The number of nitriles is 1. The van der Waals surface area contributed by atoms with Crippen LogP contribution < -0.4 is 11.1 Å². The Kier molecular flexibility index (Phi) is 8.18. The first-order valence-electron chi connectivity index (χ1n) is 11.0. The number of nitrogen functional groups attached to an aromatic ring is 1. The third-order valence-electron chi connectivity index (χ3n) is 5.70. The lowest BCUT2D eigenvalue weighted by Gasteiger charge is -2.25. The van der Waals surface area contributed by atoms with Crippen molar-refractivity contribution in [2.75, 3.05) is 44.3 Å². The summed E-state index contributed by atoms with van der Waals surface area (Å²) in [5.74, 6) is -2.10. The summed E-state index contributed by atoms with van der Waals surface area (Å²) in [5, 5.41) is 12.5. The molecule has 1 aromatic heterocycles. The standard InChI is InChI=1S/C22H29N7O4/c1-33-22(32)15(13-23)20(27-18-9-6-8-17(24)26-18)25-16-7-2-3-12-29(21(16)31)14-19(30)28-10-4-5-11-28/h6,8-9,15-16H,2-5,7,10-12,14H2,1H3,(H3,24,25,26,27)/t15?,16-/m0/s1. The quantitative estimate of drug-likeness (QED) is 0.362. The van der Waals surface area contributed by atoms with Gasteiger partial charge in [0.1, 0.15) is 23.5 Å². The number of ether oxygens (including phenoxy) is 1. The number of esters is 1. The van der Waals surface area contributed by atoms with Gasteiger partial charge in [0.15, 0.2) is 0 Å². The van der Waals surface area contributed by atoms with Crippen LogP contribution in [0.2, 0.25) is 0 Å². The summed E-state index contributed by atoms with van der Waals surface area (Å²) in [7, 11) is 1.17. The molecule has 2 atom stereocenters. The highest BCUT2D eigenvalue weighted by Crippen LogP contribution is 2.19. The molecule has 3 heterocycles. The fourth-order valence-corrected chi connectivity index (χ4v) is 3.93. The van der Waals surface area contributed by atoms with Crippen molar-refractivity contribution in [2.24, 2.45) is 10.9 Å². The topological polar surface area (TPSA) is 154 Å². The van der Waals surface area contributed by atoms with Gasteiger partial charge in [-0.05, 0) is 44.2 Å². The van der Waals surface area contributed by atoms with E-state index < -0.39 is 17.9 Å². The molecular weight excluding hydrogens is 426 g/mol. The van der Waals surface area contributed by atoms with Gasteiger partial charge in [-0.3, -0.25) is 19.4 Å². The van der Waals surface area contributed by atoms with Crippen molar-refractivity contribution in [3.63, 3.8) is 0 Å². The second-order valence-electron chi connectivity index (χ2n) is 8.03. The number of nitrogens with two attached hydrogens (primary N) is 1. The highest BCUT2D eigenvalue weighted by molar-refractivity contribution is 6.10. The average molecular weight is 456 g/mol. The number of aromatic nitrogens is 1. The Balaban J connectivity index is 1.86. The number of pyridine rings is 1. The Labute approximate surface area is 192 Å². The Hall–Kier alpha value is -3.68. The molecule has 0 bridgehead atoms. The third-order valence-corrected chi connectivity index (χ3v) is 5.70. The van der Waals surface area contributed by atoms with E-state index in [-0.39, 0.29) is 35.8 Å². The molecule has 2 aliphatic heterocycles. The number of hydrogen-bond donors (Lipinski definition) is 2. The second kappa shape index (κ2) is 11.3. The van der Waals surface area contributed by atoms with Gasteiger partial charge in [-0.15, -0.1) is 0 Å². The first kappa shape index (κ1) is 24.0. The van der Waals surface area contributed by atoms with E-state index in [2.05, 4.69) is 15.3 Å². The molecule has 2 aliphatic rings. The molecule has 0 radical (unpaired) electrons. The van der Waals surface area contributed by atoms with Crippen LogP contribution in [0.5, 0.6) is 0 Å². The number of anilines is 2. The predicted octanol–water partition coefficient (Wildman–Crippen LogP) is 0.790. The Bertz CT molecular complexity index is 952. The lowest BCUT2D eigenvalue weighted by Crippen LogP contribution is -2.45. The van der Waals surface area contributed by atoms with Crippen LogP contribution >= 0.6 is 0 Å². The number of hydrogen-bond acceptors (Lipinski definition) is 8. The second-order valence-corrected chi connectivity index (χ2v) is 8.03. The van der Waals surface area contributed by atoms with Gasteiger partial charge in [-0.1, -0.05) is 6.07 Å². The molecule has 0 saturated carbocycles. The third kappa shape index (κ3) is 6.19. The van der Waals surface area contributed by atoms with E-state index in [1.165, 1.54) is 12.0 Å². The zero-order chi connectivity index (χ0) is 23.8. The van der Waals surface area contributed by atoms with Crippen molar-refractivity contribution in [3.05, 3.63) is 18.2 Å². The van der Waals surface area contributed by atoms with Crippen molar-refractivity contribution in [1.29, 1.82) is 5.26 Å². The maximum atomic E-state index is 13.3. The minimum atomic E-state index is -1.38. The minimum absolute atomic E-state index is 0.00305. The molecule has 3 rings (SSSR count). The van der Waals surface area contributed by atoms with E-state index in [1.807, 2.05) is 6.07 Å². The van der Waals surface area contributed by atoms with E-state index in [4.69, 9.17) is 10.5 Å². The van der Waals surface area contributed by atoms with Crippen molar-refractivity contribution in [3.8, 4) is 6.07 Å². The van der Waals surface area contributed by atoms with Crippen molar-refractivity contribution in [1.82, 2.24) is 14.8 Å². The molecule has 2 fully saturated rings. The Morgan fingerprint density at radius 3 is 2.70 bits per heavy atom. The van der Waals surface area contributed by atoms with E-state index in [1.54, 1.807) is 23.1 Å². The molecule has 33 heavy (non-hydrogen) atoms. The largest absolute Gasteiger partial charge is 0.468 e. The van der Waals surface area contributed by atoms with Crippen LogP contribution in [0.25, 0.3) is 0 Å². The zero-order valence-corrected chi connectivity index (χ0v) is 18.7. The van der Waals surface area contributed by atoms with Crippen molar-refractivity contribution in [2.45, 2.75) is 38.1 Å².